The van der Waals surface area contributed by atoms with E-state index in [1.807, 2.05) is 53.1 Å². The fourth-order valence-electron chi connectivity index (χ4n) is 2.97. The summed E-state index contributed by atoms with van der Waals surface area (Å²) < 4.78 is 6.78. The number of rotatable bonds is 4. The molecule has 0 aliphatic carbocycles. The lowest BCUT2D eigenvalue weighted by Gasteiger charge is -2.09. The monoisotopic (exact) mass is 358 g/mol. The first-order valence-electron chi connectivity index (χ1n) is 8.11. The Morgan fingerprint density at radius 1 is 1.04 bits per heavy atom. The van der Waals surface area contributed by atoms with Crippen LogP contribution in [0.5, 0.6) is 0 Å². The topological polar surface area (TPSA) is 136 Å². The molecule has 132 valence electrons. The highest BCUT2D eigenvalue weighted by Gasteiger charge is 2.19. The van der Waals surface area contributed by atoms with Crippen molar-refractivity contribution in [2.75, 3.05) is 5.73 Å². The molecule has 0 bridgehead atoms. The van der Waals surface area contributed by atoms with Gasteiger partial charge in [0, 0.05) is 12.4 Å². The predicted molar refractivity (Wildman–Crippen MR) is 95.1 cm³/mol. The van der Waals surface area contributed by atoms with Crippen LogP contribution in [0.1, 0.15) is 5.56 Å². The molecule has 0 aliphatic rings. The third-order valence-electron chi connectivity index (χ3n) is 4.25. The molecule has 5 aromatic rings. The summed E-state index contributed by atoms with van der Waals surface area (Å²) >= 11 is 0. The number of nitrogens with zero attached hydrogens (tertiary/aromatic N) is 8. The highest BCUT2D eigenvalue weighted by Crippen LogP contribution is 2.27. The Morgan fingerprint density at radius 2 is 1.89 bits per heavy atom. The Morgan fingerprint density at radius 3 is 2.63 bits per heavy atom. The summed E-state index contributed by atoms with van der Waals surface area (Å²) in [5.74, 6) is 1.30. The van der Waals surface area contributed by atoms with Crippen LogP contribution in [0.3, 0.4) is 0 Å². The van der Waals surface area contributed by atoms with Crippen LogP contribution in [0.15, 0.2) is 53.2 Å². The predicted octanol–water partition coefficient (Wildman–Crippen LogP) is 1.53. The van der Waals surface area contributed by atoms with Gasteiger partial charge in [-0.15, -0.1) is 0 Å². The molecule has 0 radical (unpaired) electrons. The third-order valence-corrected chi connectivity index (χ3v) is 4.25. The van der Waals surface area contributed by atoms with E-state index < -0.39 is 0 Å². The molecule has 0 amide bonds. The van der Waals surface area contributed by atoms with E-state index in [-0.39, 0.29) is 5.82 Å². The first kappa shape index (κ1) is 15.2. The standard InChI is InChI=1S/C17H12N9O/c18-15-14(22-27-23-15)17-19-12-3-1-2-4-13(12)26(17)9-10-5-7-11(8-6-10)16-20-24-25-21-16/h1-8H,9H2,(H2-,18,20,21,23,24,25)/q-1. The number of benzene rings is 2. The highest BCUT2D eigenvalue weighted by atomic mass is 16.6. The molecular formula is C17H12N9O-. The van der Waals surface area contributed by atoms with Crippen molar-refractivity contribution in [1.29, 1.82) is 0 Å². The molecule has 0 spiro atoms. The molecule has 0 unspecified atom stereocenters. The fraction of sp³-hybridized carbons (Fsp3) is 0.0588. The van der Waals surface area contributed by atoms with E-state index in [0.717, 1.165) is 22.2 Å². The van der Waals surface area contributed by atoms with Crippen molar-refractivity contribution in [3.05, 3.63) is 54.1 Å². The Kier molecular flexibility index (Phi) is 3.39. The van der Waals surface area contributed by atoms with Crippen LogP contribution < -0.4 is 10.8 Å². The summed E-state index contributed by atoms with van der Waals surface area (Å²) in [5, 5.41) is 22.3. The van der Waals surface area contributed by atoms with Gasteiger partial charge in [0.1, 0.15) is 0 Å². The van der Waals surface area contributed by atoms with Crippen molar-refractivity contribution in [2.45, 2.75) is 6.54 Å². The lowest BCUT2D eigenvalue weighted by molar-refractivity contribution is 0.310. The zero-order valence-corrected chi connectivity index (χ0v) is 13.9. The van der Waals surface area contributed by atoms with Crippen LogP contribution in [-0.2, 0) is 6.54 Å². The van der Waals surface area contributed by atoms with Crippen LogP contribution in [0.2, 0.25) is 0 Å². The summed E-state index contributed by atoms with van der Waals surface area (Å²) in [6.07, 6.45) is 0. The molecule has 0 aliphatic heterocycles. The SMILES string of the molecule is Nc1nonc1-c1nc2ccccc2n1Cc1ccc(-c2nnn[n-]2)cc1. The van der Waals surface area contributed by atoms with Gasteiger partial charge >= 0.3 is 0 Å². The van der Waals surface area contributed by atoms with Crippen molar-refractivity contribution < 1.29 is 4.63 Å². The van der Waals surface area contributed by atoms with E-state index in [0.29, 0.717) is 23.9 Å². The average Bonchev–Trinajstić information content (AvgIpc) is 3.43. The van der Waals surface area contributed by atoms with Gasteiger partial charge in [0.2, 0.25) is 0 Å². The van der Waals surface area contributed by atoms with Crippen molar-refractivity contribution in [2.24, 2.45) is 0 Å². The average molecular weight is 358 g/mol. The van der Waals surface area contributed by atoms with E-state index >= 15 is 0 Å². The second kappa shape index (κ2) is 6.02. The number of nitrogens with two attached hydrogens (primary N) is 1. The maximum atomic E-state index is 5.88. The van der Waals surface area contributed by atoms with Gasteiger partial charge in [-0.05, 0) is 33.6 Å². The highest BCUT2D eigenvalue weighted by molar-refractivity contribution is 5.81. The first-order chi connectivity index (χ1) is 13.3. The molecule has 0 fully saturated rings. The normalized spacial score (nSPS) is 11.3. The van der Waals surface area contributed by atoms with Gasteiger partial charge in [0.15, 0.2) is 17.3 Å². The minimum absolute atomic E-state index is 0.204. The number of hydrogen-bond donors (Lipinski definition) is 1. The largest absolute Gasteiger partial charge is 0.379 e. The summed E-state index contributed by atoms with van der Waals surface area (Å²) in [4.78, 5) is 4.65. The zero-order chi connectivity index (χ0) is 18.2. The number of imidazole rings is 1. The second-order valence-electron chi connectivity index (χ2n) is 5.91. The van der Waals surface area contributed by atoms with Crippen molar-refractivity contribution in [3.63, 3.8) is 0 Å². The molecule has 2 N–H and O–H groups in total. The van der Waals surface area contributed by atoms with E-state index in [1.165, 1.54) is 0 Å². The second-order valence-corrected chi connectivity index (χ2v) is 5.91. The Bertz CT molecular complexity index is 1210. The molecule has 10 nitrogen and oxygen atoms in total. The molecule has 2 aromatic carbocycles. The molecule has 0 saturated carbocycles. The molecule has 3 heterocycles. The molecule has 10 heteroatoms. The van der Waals surface area contributed by atoms with Crippen LogP contribution in [0, 0.1) is 0 Å². The number of tetrazole rings is 1. The molecule has 27 heavy (non-hydrogen) atoms. The number of fused-ring (bicyclic) bond motifs is 1. The molecule has 5 rings (SSSR count). The molecule has 0 saturated heterocycles. The quantitative estimate of drug-likeness (QED) is 0.507. The van der Waals surface area contributed by atoms with Crippen LogP contribution in [-0.4, -0.2) is 35.4 Å². The van der Waals surface area contributed by atoms with E-state index in [2.05, 4.69) is 35.9 Å². The maximum Gasteiger partial charge on any atom is 0.199 e. The van der Waals surface area contributed by atoms with Gasteiger partial charge in [0.25, 0.3) is 0 Å². The summed E-state index contributed by atoms with van der Waals surface area (Å²) in [6.45, 7) is 0.570. The molecular weight excluding hydrogens is 346 g/mol. The number of para-hydroxylation sites is 2. The number of aromatic nitrogens is 8. The van der Waals surface area contributed by atoms with Crippen molar-refractivity contribution in [1.82, 2.24) is 40.5 Å². The van der Waals surface area contributed by atoms with Gasteiger partial charge in [-0.3, -0.25) is 10.3 Å². The van der Waals surface area contributed by atoms with Gasteiger partial charge in [-0.1, -0.05) is 36.4 Å². The Balaban J connectivity index is 1.57. The smallest absolute Gasteiger partial charge is 0.199 e. The summed E-state index contributed by atoms with van der Waals surface area (Å²) in [5.41, 5.74) is 10.0. The molecule has 3 aromatic heterocycles. The zero-order valence-electron chi connectivity index (χ0n) is 13.9. The van der Waals surface area contributed by atoms with Gasteiger partial charge in [-0.25, -0.2) is 9.61 Å². The van der Waals surface area contributed by atoms with Crippen molar-refractivity contribution >= 4 is 16.9 Å². The number of hydrogen-bond acceptors (Lipinski definition) is 8. The van der Waals surface area contributed by atoms with Gasteiger partial charge < -0.3 is 15.4 Å². The maximum absolute atomic E-state index is 5.88. The van der Waals surface area contributed by atoms with E-state index in [4.69, 9.17) is 10.4 Å². The van der Waals surface area contributed by atoms with E-state index in [9.17, 15) is 0 Å². The minimum Gasteiger partial charge on any atom is -0.379 e. The Hall–Kier alpha value is -4.08. The van der Waals surface area contributed by atoms with Crippen LogP contribution in [0.25, 0.3) is 33.9 Å². The fourth-order valence-corrected chi connectivity index (χ4v) is 2.97. The van der Waals surface area contributed by atoms with E-state index in [1.54, 1.807) is 0 Å². The van der Waals surface area contributed by atoms with Crippen molar-refractivity contribution in [3.8, 4) is 22.9 Å². The van der Waals surface area contributed by atoms with Crippen LogP contribution >= 0.6 is 0 Å². The Labute approximate surface area is 152 Å². The van der Waals surface area contributed by atoms with Gasteiger partial charge in [-0.2, -0.15) is 5.21 Å². The third kappa shape index (κ3) is 2.59. The summed E-state index contributed by atoms with van der Waals surface area (Å²) in [7, 11) is 0. The summed E-state index contributed by atoms with van der Waals surface area (Å²) in [6, 6.07) is 15.7. The number of nitrogen functional groups attached to an aromatic ring is 1. The lowest BCUT2D eigenvalue weighted by atomic mass is 10.1. The number of anilines is 1. The first-order valence-corrected chi connectivity index (χ1v) is 8.11. The molecule has 0 atom stereocenters. The minimum atomic E-state index is 0.204. The van der Waals surface area contributed by atoms with Crippen LogP contribution in [0.4, 0.5) is 5.82 Å². The lowest BCUT2D eigenvalue weighted by Crippen LogP contribution is -2.03. The van der Waals surface area contributed by atoms with Gasteiger partial charge in [0.05, 0.1) is 11.0 Å².